The minimum absolute atomic E-state index is 0.488. The van der Waals surface area contributed by atoms with Crippen molar-refractivity contribution in [2.45, 2.75) is 65.3 Å². The molecule has 2 unspecified atom stereocenters. The van der Waals surface area contributed by atoms with Crippen LogP contribution in [0.3, 0.4) is 0 Å². The van der Waals surface area contributed by atoms with Crippen molar-refractivity contribution in [3.05, 3.63) is 0 Å². The summed E-state index contributed by atoms with van der Waals surface area (Å²) in [4.78, 5) is 0. The first-order valence-corrected chi connectivity index (χ1v) is 6.81. The highest BCUT2D eigenvalue weighted by Gasteiger charge is 2.34. The molecule has 0 spiro atoms. The summed E-state index contributed by atoms with van der Waals surface area (Å²) in [6.45, 7) is 8.52. The quantitative estimate of drug-likeness (QED) is 0.749. The molecule has 2 rings (SSSR count). The SMILES string of the molecule is CC(C)(C)C1CCCCC1NCC1CC1. The van der Waals surface area contributed by atoms with Gasteiger partial charge in [0.1, 0.15) is 0 Å². The molecular formula is C14H27N. The summed E-state index contributed by atoms with van der Waals surface area (Å²) in [6.07, 6.45) is 8.68. The maximum absolute atomic E-state index is 3.84. The maximum atomic E-state index is 3.84. The Labute approximate surface area is 95.0 Å². The molecule has 1 N–H and O–H groups in total. The second-order valence-corrected chi connectivity index (χ2v) is 6.72. The fraction of sp³-hybridized carbons (Fsp3) is 1.00. The largest absolute Gasteiger partial charge is 0.313 e. The van der Waals surface area contributed by atoms with Gasteiger partial charge in [-0.2, -0.15) is 0 Å². The highest BCUT2D eigenvalue weighted by Crippen LogP contribution is 2.38. The van der Waals surface area contributed by atoms with Crippen LogP contribution in [0.15, 0.2) is 0 Å². The molecule has 0 amide bonds. The third-order valence-electron chi connectivity index (χ3n) is 4.24. The van der Waals surface area contributed by atoms with Gasteiger partial charge in [-0.1, -0.05) is 33.6 Å². The minimum atomic E-state index is 0.488. The first-order chi connectivity index (χ1) is 7.07. The lowest BCUT2D eigenvalue weighted by molar-refractivity contribution is 0.130. The van der Waals surface area contributed by atoms with E-state index in [0.29, 0.717) is 5.41 Å². The standard InChI is InChI=1S/C14H27N/c1-14(2,3)12-6-4-5-7-13(12)15-10-11-8-9-11/h11-13,15H,4-10H2,1-3H3. The summed E-state index contributed by atoms with van der Waals surface area (Å²) in [5.41, 5.74) is 0.488. The van der Waals surface area contributed by atoms with Gasteiger partial charge in [0.25, 0.3) is 0 Å². The molecule has 0 aromatic heterocycles. The van der Waals surface area contributed by atoms with Gasteiger partial charge in [-0.05, 0) is 49.5 Å². The molecule has 1 heteroatoms. The van der Waals surface area contributed by atoms with E-state index in [1.54, 1.807) is 0 Å². The van der Waals surface area contributed by atoms with Crippen molar-refractivity contribution in [1.29, 1.82) is 0 Å². The van der Waals surface area contributed by atoms with Crippen LogP contribution in [0.4, 0.5) is 0 Å². The molecule has 0 saturated heterocycles. The molecule has 2 fully saturated rings. The Kier molecular flexibility index (Phi) is 3.39. The fourth-order valence-corrected chi connectivity index (χ4v) is 3.05. The lowest BCUT2D eigenvalue weighted by Crippen LogP contribution is -2.44. The van der Waals surface area contributed by atoms with Crippen molar-refractivity contribution in [2.75, 3.05) is 6.54 Å². The summed E-state index contributed by atoms with van der Waals surface area (Å²) in [6, 6.07) is 0.805. The molecular weight excluding hydrogens is 182 g/mol. The Balaban J connectivity index is 1.86. The number of nitrogens with one attached hydrogen (secondary N) is 1. The normalized spacial score (nSPS) is 33.0. The zero-order valence-electron chi connectivity index (χ0n) is 10.7. The molecule has 1 nitrogen and oxygen atoms in total. The van der Waals surface area contributed by atoms with Gasteiger partial charge in [0.15, 0.2) is 0 Å². The molecule has 0 aliphatic heterocycles. The minimum Gasteiger partial charge on any atom is -0.313 e. The predicted molar refractivity (Wildman–Crippen MR) is 65.9 cm³/mol. The van der Waals surface area contributed by atoms with Gasteiger partial charge in [0.05, 0.1) is 0 Å². The van der Waals surface area contributed by atoms with Crippen LogP contribution in [0, 0.1) is 17.3 Å². The number of rotatable bonds is 3. The summed E-state index contributed by atoms with van der Waals surface area (Å²) >= 11 is 0. The number of hydrogen-bond donors (Lipinski definition) is 1. The molecule has 2 aliphatic carbocycles. The molecule has 2 aliphatic rings. The summed E-state index contributed by atoms with van der Waals surface area (Å²) in [7, 11) is 0. The molecule has 2 atom stereocenters. The van der Waals surface area contributed by atoms with Crippen molar-refractivity contribution < 1.29 is 0 Å². The van der Waals surface area contributed by atoms with Crippen LogP contribution >= 0.6 is 0 Å². The first-order valence-electron chi connectivity index (χ1n) is 6.81. The lowest BCUT2D eigenvalue weighted by Gasteiger charge is -2.41. The van der Waals surface area contributed by atoms with Crippen LogP contribution in [-0.4, -0.2) is 12.6 Å². The van der Waals surface area contributed by atoms with Gasteiger partial charge in [-0.15, -0.1) is 0 Å². The molecule has 0 bridgehead atoms. The third-order valence-corrected chi connectivity index (χ3v) is 4.24. The first kappa shape index (κ1) is 11.4. The molecule has 2 saturated carbocycles. The van der Waals surface area contributed by atoms with Gasteiger partial charge < -0.3 is 5.32 Å². The van der Waals surface area contributed by atoms with Crippen molar-refractivity contribution in [3.8, 4) is 0 Å². The highest BCUT2D eigenvalue weighted by molar-refractivity contribution is 4.89. The smallest absolute Gasteiger partial charge is 0.0100 e. The Hall–Kier alpha value is -0.0400. The summed E-state index contributed by atoms with van der Waals surface area (Å²) in [5.74, 6) is 1.91. The lowest BCUT2D eigenvalue weighted by atomic mass is 9.69. The molecule has 0 aromatic rings. The van der Waals surface area contributed by atoms with Crippen LogP contribution in [-0.2, 0) is 0 Å². The van der Waals surface area contributed by atoms with Crippen LogP contribution < -0.4 is 5.32 Å². The number of hydrogen-bond acceptors (Lipinski definition) is 1. The molecule has 0 aromatic carbocycles. The average Bonchev–Trinajstić information content (AvgIpc) is 2.97. The Morgan fingerprint density at radius 3 is 2.27 bits per heavy atom. The van der Waals surface area contributed by atoms with Crippen molar-refractivity contribution >= 4 is 0 Å². The predicted octanol–water partition coefficient (Wildman–Crippen LogP) is 3.59. The fourth-order valence-electron chi connectivity index (χ4n) is 3.05. The molecule has 0 heterocycles. The van der Waals surface area contributed by atoms with E-state index in [1.807, 2.05) is 0 Å². The topological polar surface area (TPSA) is 12.0 Å². The average molecular weight is 209 g/mol. The summed E-state index contributed by atoms with van der Waals surface area (Å²) in [5, 5.41) is 3.84. The van der Waals surface area contributed by atoms with Gasteiger partial charge in [-0.3, -0.25) is 0 Å². The Morgan fingerprint density at radius 2 is 1.67 bits per heavy atom. The van der Waals surface area contributed by atoms with E-state index in [2.05, 4.69) is 26.1 Å². The van der Waals surface area contributed by atoms with Crippen LogP contribution in [0.5, 0.6) is 0 Å². The van der Waals surface area contributed by atoms with Crippen LogP contribution in [0.1, 0.15) is 59.3 Å². The Bertz CT molecular complexity index is 200. The van der Waals surface area contributed by atoms with Crippen molar-refractivity contribution in [3.63, 3.8) is 0 Å². The monoisotopic (exact) mass is 209 g/mol. The van der Waals surface area contributed by atoms with E-state index >= 15 is 0 Å². The third kappa shape index (κ3) is 3.21. The zero-order chi connectivity index (χ0) is 10.9. The van der Waals surface area contributed by atoms with Crippen LogP contribution in [0.25, 0.3) is 0 Å². The van der Waals surface area contributed by atoms with E-state index in [-0.39, 0.29) is 0 Å². The van der Waals surface area contributed by atoms with Crippen molar-refractivity contribution in [1.82, 2.24) is 5.32 Å². The zero-order valence-corrected chi connectivity index (χ0v) is 10.7. The summed E-state index contributed by atoms with van der Waals surface area (Å²) < 4.78 is 0. The molecule has 88 valence electrons. The van der Waals surface area contributed by atoms with Crippen molar-refractivity contribution in [2.24, 2.45) is 17.3 Å². The van der Waals surface area contributed by atoms with Gasteiger partial charge in [0.2, 0.25) is 0 Å². The van der Waals surface area contributed by atoms with Gasteiger partial charge >= 0.3 is 0 Å². The maximum Gasteiger partial charge on any atom is 0.0100 e. The highest BCUT2D eigenvalue weighted by atomic mass is 14.9. The van der Waals surface area contributed by atoms with Crippen LogP contribution in [0.2, 0.25) is 0 Å². The second-order valence-electron chi connectivity index (χ2n) is 6.72. The van der Waals surface area contributed by atoms with E-state index < -0.39 is 0 Å². The van der Waals surface area contributed by atoms with E-state index in [9.17, 15) is 0 Å². The molecule has 0 radical (unpaired) electrons. The Morgan fingerprint density at radius 1 is 1.00 bits per heavy atom. The van der Waals surface area contributed by atoms with Gasteiger partial charge in [-0.25, -0.2) is 0 Å². The van der Waals surface area contributed by atoms with E-state index in [4.69, 9.17) is 0 Å². The van der Waals surface area contributed by atoms with E-state index in [0.717, 1.165) is 17.9 Å². The van der Waals surface area contributed by atoms with Gasteiger partial charge in [0, 0.05) is 6.04 Å². The second kappa shape index (κ2) is 4.45. The molecule has 15 heavy (non-hydrogen) atoms. The van der Waals surface area contributed by atoms with E-state index in [1.165, 1.54) is 45.1 Å².